The second kappa shape index (κ2) is 8.33. The van der Waals surface area contributed by atoms with Gasteiger partial charge >= 0.3 is 5.97 Å². The van der Waals surface area contributed by atoms with E-state index in [1.54, 1.807) is 24.3 Å². The largest absolute Gasteiger partial charge is 0.457 e. The minimum Gasteiger partial charge on any atom is -0.457 e. The lowest BCUT2D eigenvalue weighted by Gasteiger charge is -2.24. The second-order valence-corrected chi connectivity index (χ2v) is 6.30. The number of carbonyl (C=O) groups is 2. The Balaban J connectivity index is 1.87. The lowest BCUT2D eigenvalue weighted by Crippen LogP contribution is -2.44. The van der Waals surface area contributed by atoms with Crippen LogP contribution in [0.4, 0.5) is 0 Å². The highest BCUT2D eigenvalue weighted by Gasteiger charge is 2.19. The Kier molecular flexibility index (Phi) is 6.17. The van der Waals surface area contributed by atoms with Crippen molar-refractivity contribution in [2.24, 2.45) is 0 Å². The molecule has 2 aromatic carbocycles. The van der Waals surface area contributed by atoms with Crippen LogP contribution in [0.5, 0.6) is 11.5 Å². The van der Waals surface area contributed by atoms with Crippen molar-refractivity contribution >= 4 is 11.9 Å². The highest BCUT2D eigenvalue weighted by molar-refractivity contribution is 5.91. The Morgan fingerprint density at radius 2 is 1.56 bits per heavy atom. The number of esters is 1. The number of para-hydroxylation sites is 1. The number of rotatable bonds is 7. The first-order valence-electron chi connectivity index (χ1n) is 8.21. The number of benzene rings is 2. The highest BCUT2D eigenvalue weighted by Crippen LogP contribution is 2.21. The van der Waals surface area contributed by atoms with Crippen LogP contribution in [-0.2, 0) is 9.53 Å². The molecule has 2 rings (SSSR count). The first-order chi connectivity index (χ1) is 11.9. The molecule has 0 heterocycles. The first-order valence-corrected chi connectivity index (χ1v) is 8.21. The molecule has 0 saturated heterocycles. The molecule has 0 spiro atoms. The predicted octanol–water partition coefficient (Wildman–Crippen LogP) is 3.94. The minimum atomic E-state index is -0.546. The predicted molar refractivity (Wildman–Crippen MR) is 95.8 cm³/mol. The zero-order valence-electron chi connectivity index (χ0n) is 14.7. The molecule has 25 heavy (non-hydrogen) atoms. The Morgan fingerprint density at radius 3 is 2.16 bits per heavy atom. The molecule has 1 N–H and O–H groups in total. The van der Waals surface area contributed by atoms with Gasteiger partial charge in [0.1, 0.15) is 11.5 Å². The van der Waals surface area contributed by atoms with Crippen molar-refractivity contribution in [2.45, 2.75) is 32.7 Å². The summed E-state index contributed by atoms with van der Waals surface area (Å²) >= 11 is 0. The van der Waals surface area contributed by atoms with E-state index in [1.807, 2.05) is 51.1 Å². The third-order valence-electron chi connectivity index (χ3n) is 3.76. The fraction of sp³-hybridized carbons (Fsp3) is 0.300. The van der Waals surface area contributed by atoms with Gasteiger partial charge in [-0.15, -0.1) is 0 Å². The molecule has 0 aromatic heterocycles. The van der Waals surface area contributed by atoms with E-state index in [0.29, 0.717) is 17.1 Å². The van der Waals surface area contributed by atoms with Crippen molar-refractivity contribution in [3.8, 4) is 11.5 Å². The quantitative estimate of drug-likeness (QED) is 0.775. The summed E-state index contributed by atoms with van der Waals surface area (Å²) in [4.78, 5) is 23.8. The molecule has 1 amide bonds. The summed E-state index contributed by atoms with van der Waals surface area (Å²) < 4.78 is 10.7. The number of ether oxygens (including phenoxy) is 2. The van der Waals surface area contributed by atoms with E-state index in [9.17, 15) is 9.59 Å². The average Bonchev–Trinajstić information content (AvgIpc) is 2.61. The van der Waals surface area contributed by atoms with E-state index in [0.717, 1.165) is 6.42 Å². The molecule has 0 radical (unpaired) electrons. The molecule has 0 fully saturated rings. The maximum Gasteiger partial charge on any atom is 0.338 e. The monoisotopic (exact) mass is 341 g/mol. The van der Waals surface area contributed by atoms with Gasteiger partial charge in [0.05, 0.1) is 5.56 Å². The maximum absolute atomic E-state index is 12.0. The summed E-state index contributed by atoms with van der Waals surface area (Å²) in [5.74, 6) is 0.471. The van der Waals surface area contributed by atoms with Crippen LogP contribution in [0, 0.1) is 0 Å². The normalized spacial score (nSPS) is 10.8. The van der Waals surface area contributed by atoms with E-state index in [2.05, 4.69) is 5.32 Å². The van der Waals surface area contributed by atoms with Crippen molar-refractivity contribution in [2.75, 3.05) is 6.61 Å². The zero-order valence-corrected chi connectivity index (χ0v) is 14.7. The molecular weight excluding hydrogens is 318 g/mol. The Morgan fingerprint density at radius 1 is 0.960 bits per heavy atom. The molecule has 5 heteroatoms. The van der Waals surface area contributed by atoms with E-state index in [4.69, 9.17) is 9.47 Å². The van der Waals surface area contributed by atoms with Crippen LogP contribution >= 0.6 is 0 Å². The van der Waals surface area contributed by atoms with Crippen LogP contribution in [0.3, 0.4) is 0 Å². The Bertz CT molecular complexity index is 708. The molecule has 2 aromatic rings. The van der Waals surface area contributed by atoms with Crippen LogP contribution in [0.2, 0.25) is 0 Å². The molecule has 0 aliphatic rings. The number of carbonyl (C=O) groups excluding carboxylic acids is 2. The summed E-state index contributed by atoms with van der Waals surface area (Å²) in [6.45, 7) is 5.51. The fourth-order valence-electron chi connectivity index (χ4n) is 2.00. The van der Waals surface area contributed by atoms with Crippen molar-refractivity contribution in [1.82, 2.24) is 5.32 Å². The van der Waals surface area contributed by atoms with Crippen LogP contribution in [0.15, 0.2) is 54.6 Å². The molecule has 5 nitrogen and oxygen atoms in total. The van der Waals surface area contributed by atoms with Gasteiger partial charge in [-0.1, -0.05) is 25.1 Å². The third-order valence-corrected chi connectivity index (χ3v) is 3.76. The van der Waals surface area contributed by atoms with Crippen LogP contribution in [0.25, 0.3) is 0 Å². The van der Waals surface area contributed by atoms with Gasteiger partial charge in [0, 0.05) is 5.54 Å². The zero-order chi connectivity index (χ0) is 18.3. The van der Waals surface area contributed by atoms with E-state index < -0.39 is 5.97 Å². The number of amides is 1. The van der Waals surface area contributed by atoms with Gasteiger partial charge in [-0.2, -0.15) is 0 Å². The first kappa shape index (κ1) is 18.5. The molecule has 132 valence electrons. The van der Waals surface area contributed by atoms with Gasteiger partial charge in [0.25, 0.3) is 5.91 Å². The third kappa shape index (κ3) is 5.95. The Labute approximate surface area is 148 Å². The van der Waals surface area contributed by atoms with E-state index in [1.165, 1.54) is 0 Å². The van der Waals surface area contributed by atoms with E-state index in [-0.39, 0.29) is 18.1 Å². The molecule has 0 saturated carbocycles. The van der Waals surface area contributed by atoms with Crippen LogP contribution < -0.4 is 10.1 Å². The van der Waals surface area contributed by atoms with Crippen molar-refractivity contribution < 1.29 is 19.1 Å². The number of hydrogen-bond donors (Lipinski definition) is 1. The van der Waals surface area contributed by atoms with Crippen molar-refractivity contribution in [3.05, 3.63) is 60.2 Å². The van der Waals surface area contributed by atoms with Crippen molar-refractivity contribution in [3.63, 3.8) is 0 Å². The van der Waals surface area contributed by atoms with E-state index >= 15 is 0 Å². The van der Waals surface area contributed by atoms with Crippen molar-refractivity contribution in [1.29, 1.82) is 0 Å². The Hall–Kier alpha value is -2.82. The second-order valence-electron chi connectivity index (χ2n) is 6.30. The summed E-state index contributed by atoms with van der Waals surface area (Å²) in [6.07, 6.45) is 0.787. The summed E-state index contributed by atoms with van der Waals surface area (Å²) in [7, 11) is 0. The van der Waals surface area contributed by atoms with Gasteiger partial charge in [0.15, 0.2) is 6.61 Å². The van der Waals surface area contributed by atoms with Crippen LogP contribution in [0.1, 0.15) is 37.6 Å². The van der Waals surface area contributed by atoms with Crippen LogP contribution in [-0.4, -0.2) is 24.0 Å². The molecule has 0 aliphatic carbocycles. The molecular formula is C20H23NO4. The summed E-state index contributed by atoms with van der Waals surface area (Å²) in [5, 5.41) is 2.81. The van der Waals surface area contributed by atoms with Gasteiger partial charge < -0.3 is 14.8 Å². The molecule has 0 aliphatic heterocycles. The molecule has 0 atom stereocenters. The summed E-state index contributed by atoms with van der Waals surface area (Å²) in [5.41, 5.74) is 0.0443. The minimum absolute atomic E-state index is 0.301. The summed E-state index contributed by atoms with van der Waals surface area (Å²) in [6, 6.07) is 15.9. The topological polar surface area (TPSA) is 64.6 Å². The van der Waals surface area contributed by atoms with Gasteiger partial charge in [-0.25, -0.2) is 4.79 Å². The van der Waals surface area contributed by atoms with Gasteiger partial charge in [0.2, 0.25) is 0 Å². The maximum atomic E-state index is 12.0. The van der Waals surface area contributed by atoms with Gasteiger partial charge in [-0.05, 0) is 56.7 Å². The smallest absolute Gasteiger partial charge is 0.338 e. The van der Waals surface area contributed by atoms with Gasteiger partial charge in [-0.3, -0.25) is 4.79 Å². The highest BCUT2D eigenvalue weighted by atomic mass is 16.5. The molecule has 0 bridgehead atoms. The fourth-order valence-corrected chi connectivity index (χ4v) is 2.00. The SMILES string of the molecule is CCC(C)(C)NC(=O)COC(=O)c1ccc(Oc2ccccc2)cc1. The average molecular weight is 341 g/mol. The lowest BCUT2D eigenvalue weighted by molar-refractivity contribution is -0.125. The standard InChI is InChI=1S/C20H23NO4/c1-4-20(2,3)21-18(22)14-24-19(23)15-10-12-17(13-11-15)25-16-8-6-5-7-9-16/h5-13H,4,14H2,1-3H3,(H,21,22). The lowest BCUT2D eigenvalue weighted by atomic mass is 10.0. The number of hydrogen-bond acceptors (Lipinski definition) is 4. The molecule has 0 unspecified atom stereocenters. The number of nitrogens with one attached hydrogen (secondary N) is 1.